The number of benzene rings is 1. The fraction of sp³-hybridized carbons (Fsp3) is 0.611. The summed E-state index contributed by atoms with van der Waals surface area (Å²) in [5.74, 6) is 1.24. The lowest BCUT2D eigenvalue weighted by molar-refractivity contribution is -0.154. The van der Waals surface area contributed by atoms with Gasteiger partial charge in [-0.1, -0.05) is 32.0 Å². The van der Waals surface area contributed by atoms with Crippen molar-refractivity contribution in [2.24, 2.45) is 0 Å². The molecule has 3 heteroatoms. The Labute approximate surface area is 128 Å². The van der Waals surface area contributed by atoms with Crippen molar-refractivity contribution in [3.63, 3.8) is 0 Å². The lowest BCUT2D eigenvalue weighted by atomic mass is 9.96. The Morgan fingerprint density at radius 1 is 1.24 bits per heavy atom. The van der Waals surface area contributed by atoms with Gasteiger partial charge in [-0.3, -0.25) is 4.79 Å². The van der Waals surface area contributed by atoms with Gasteiger partial charge in [0.1, 0.15) is 11.4 Å². The molecule has 0 aliphatic carbocycles. The number of hydrogen-bond donors (Lipinski definition) is 0. The normalized spacial score (nSPS) is 11.6. The highest BCUT2D eigenvalue weighted by Crippen LogP contribution is 2.30. The molecule has 21 heavy (non-hydrogen) atoms. The number of carbonyl (C=O) groups excluding carboxylic acids is 1. The van der Waals surface area contributed by atoms with E-state index in [-0.39, 0.29) is 5.97 Å². The molecule has 1 rings (SSSR count). The van der Waals surface area contributed by atoms with Gasteiger partial charge in [0.05, 0.1) is 7.11 Å². The molecule has 0 atom stereocenters. The number of aryl methyl sites for hydroxylation is 1. The van der Waals surface area contributed by atoms with E-state index in [0.717, 1.165) is 24.2 Å². The number of hydrogen-bond acceptors (Lipinski definition) is 3. The third-order valence-electron chi connectivity index (χ3n) is 3.20. The highest BCUT2D eigenvalue weighted by molar-refractivity contribution is 5.69. The van der Waals surface area contributed by atoms with Crippen LogP contribution in [0.4, 0.5) is 0 Å². The van der Waals surface area contributed by atoms with Crippen LogP contribution >= 0.6 is 0 Å². The second kappa shape index (κ2) is 7.48. The molecule has 3 nitrogen and oxygen atoms in total. The summed E-state index contributed by atoms with van der Waals surface area (Å²) in [5, 5.41) is 0. The van der Waals surface area contributed by atoms with Gasteiger partial charge in [-0.15, -0.1) is 0 Å². The third-order valence-corrected chi connectivity index (χ3v) is 3.20. The van der Waals surface area contributed by atoms with Crippen molar-refractivity contribution >= 4 is 5.97 Å². The predicted octanol–water partition coefficient (Wildman–Crippen LogP) is 4.48. The molecule has 1 aromatic rings. The van der Waals surface area contributed by atoms with Crippen LogP contribution in [-0.2, 0) is 16.0 Å². The Bertz CT molecular complexity index is 470. The zero-order chi connectivity index (χ0) is 16.0. The minimum absolute atomic E-state index is 0.138. The fourth-order valence-corrected chi connectivity index (χ4v) is 2.32. The predicted molar refractivity (Wildman–Crippen MR) is 85.9 cm³/mol. The second-order valence-electron chi connectivity index (χ2n) is 6.63. The smallest absolute Gasteiger partial charge is 0.306 e. The Hall–Kier alpha value is -1.51. The fourth-order valence-electron chi connectivity index (χ4n) is 2.32. The van der Waals surface area contributed by atoms with E-state index in [1.165, 1.54) is 5.56 Å². The van der Waals surface area contributed by atoms with Crippen LogP contribution in [0.25, 0.3) is 0 Å². The average molecular weight is 292 g/mol. The molecule has 0 saturated heterocycles. The van der Waals surface area contributed by atoms with Gasteiger partial charge in [-0.05, 0) is 50.7 Å². The van der Waals surface area contributed by atoms with E-state index in [1.807, 2.05) is 20.8 Å². The molecule has 1 aromatic carbocycles. The van der Waals surface area contributed by atoms with E-state index in [1.54, 1.807) is 7.11 Å². The molecular formula is C18H28O3. The summed E-state index contributed by atoms with van der Waals surface area (Å²) in [6.07, 6.45) is 2.03. The van der Waals surface area contributed by atoms with Crippen molar-refractivity contribution in [1.82, 2.24) is 0 Å². The molecule has 0 spiro atoms. The van der Waals surface area contributed by atoms with Crippen LogP contribution in [0.2, 0.25) is 0 Å². The summed E-state index contributed by atoms with van der Waals surface area (Å²) >= 11 is 0. The number of methoxy groups -OCH3 is 1. The molecule has 0 fully saturated rings. The van der Waals surface area contributed by atoms with Gasteiger partial charge >= 0.3 is 5.97 Å². The molecule has 0 bridgehead atoms. The molecule has 0 heterocycles. The highest BCUT2D eigenvalue weighted by atomic mass is 16.6. The molecule has 0 aliphatic heterocycles. The van der Waals surface area contributed by atoms with E-state index in [9.17, 15) is 4.79 Å². The number of rotatable bonds is 6. The molecule has 118 valence electrons. The maximum absolute atomic E-state index is 11.7. The largest absolute Gasteiger partial charge is 0.496 e. The Balaban J connectivity index is 2.64. The van der Waals surface area contributed by atoms with Gasteiger partial charge < -0.3 is 9.47 Å². The SMILES string of the molecule is COc1c(CCCC(=O)OC(C)(C)C)cccc1C(C)C. The first-order valence-corrected chi connectivity index (χ1v) is 7.62. The van der Waals surface area contributed by atoms with Gasteiger partial charge in [0.15, 0.2) is 0 Å². The summed E-state index contributed by atoms with van der Waals surface area (Å²) in [6.45, 7) is 9.98. The first kappa shape index (κ1) is 17.5. The summed E-state index contributed by atoms with van der Waals surface area (Å²) in [6, 6.07) is 6.22. The Morgan fingerprint density at radius 3 is 2.43 bits per heavy atom. The van der Waals surface area contributed by atoms with Gasteiger partial charge in [0.25, 0.3) is 0 Å². The van der Waals surface area contributed by atoms with Crippen molar-refractivity contribution in [2.75, 3.05) is 7.11 Å². The van der Waals surface area contributed by atoms with Crippen molar-refractivity contribution < 1.29 is 14.3 Å². The van der Waals surface area contributed by atoms with Crippen molar-refractivity contribution in [1.29, 1.82) is 0 Å². The third kappa shape index (κ3) is 5.78. The maximum atomic E-state index is 11.7. The van der Waals surface area contributed by atoms with Crippen LogP contribution in [0.1, 0.15) is 64.5 Å². The first-order chi connectivity index (χ1) is 9.74. The van der Waals surface area contributed by atoms with Crippen molar-refractivity contribution in [3.05, 3.63) is 29.3 Å². The van der Waals surface area contributed by atoms with Crippen molar-refractivity contribution in [3.8, 4) is 5.75 Å². The molecule has 0 saturated carbocycles. The summed E-state index contributed by atoms with van der Waals surface area (Å²) in [5.41, 5.74) is 1.96. The van der Waals surface area contributed by atoms with Crippen molar-refractivity contribution in [2.45, 2.75) is 65.4 Å². The van der Waals surface area contributed by atoms with Crippen LogP contribution in [0.3, 0.4) is 0 Å². The van der Waals surface area contributed by atoms with E-state index < -0.39 is 5.60 Å². The average Bonchev–Trinajstić information content (AvgIpc) is 2.36. The Morgan fingerprint density at radius 2 is 1.90 bits per heavy atom. The quantitative estimate of drug-likeness (QED) is 0.725. The number of para-hydroxylation sites is 1. The highest BCUT2D eigenvalue weighted by Gasteiger charge is 2.16. The monoisotopic (exact) mass is 292 g/mol. The molecule has 0 N–H and O–H groups in total. The van der Waals surface area contributed by atoms with Crippen LogP contribution in [-0.4, -0.2) is 18.7 Å². The van der Waals surface area contributed by atoms with Crippen LogP contribution in [0, 0.1) is 0 Å². The standard InChI is InChI=1S/C18H28O3/c1-13(2)15-11-7-9-14(17(15)20-6)10-8-12-16(19)21-18(3,4)5/h7,9,11,13H,8,10,12H2,1-6H3. The molecule has 0 unspecified atom stereocenters. The van der Waals surface area contributed by atoms with Gasteiger partial charge in [-0.2, -0.15) is 0 Å². The van der Waals surface area contributed by atoms with E-state index in [4.69, 9.17) is 9.47 Å². The van der Waals surface area contributed by atoms with Crippen LogP contribution in [0.15, 0.2) is 18.2 Å². The van der Waals surface area contributed by atoms with Crippen LogP contribution < -0.4 is 4.74 Å². The second-order valence-corrected chi connectivity index (χ2v) is 6.63. The molecule has 0 aliphatic rings. The van der Waals surface area contributed by atoms with Crippen LogP contribution in [0.5, 0.6) is 5.75 Å². The van der Waals surface area contributed by atoms with E-state index >= 15 is 0 Å². The summed E-state index contributed by atoms with van der Waals surface area (Å²) in [4.78, 5) is 11.7. The summed E-state index contributed by atoms with van der Waals surface area (Å²) < 4.78 is 10.9. The van der Waals surface area contributed by atoms with E-state index in [2.05, 4.69) is 32.0 Å². The number of esters is 1. The maximum Gasteiger partial charge on any atom is 0.306 e. The van der Waals surface area contributed by atoms with Gasteiger partial charge in [0.2, 0.25) is 0 Å². The molecule has 0 radical (unpaired) electrons. The molecule has 0 amide bonds. The molecule has 0 aromatic heterocycles. The summed E-state index contributed by atoms with van der Waals surface area (Å²) in [7, 11) is 1.71. The minimum atomic E-state index is -0.410. The zero-order valence-electron chi connectivity index (χ0n) is 14.2. The first-order valence-electron chi connectivity index (χ1n) is 7.62. The van der Waals surface area contributed by atoms with E-state index in [0.29, 0.717) is 12.3 Å². The molecular weight excluding hydrogens is 264 g/mol. The number of ether oxygens (including phenoxy) is 2. The lowest BCUT2D eigenvalue weighted by Crippen LogP contribution is -2.23. The lowest BCUT2D eigenvalue weighted by Gasteiger charge is -2.19. The zero-order valence-corrected chi connectivity index (χ0v) is 14.2. The Kier molecular flexibility index (Phi) is 6.25. The van der Waals surface area contributed by atoms with Gasteiger partial charge in [0, 0.05) is 6.42 Å². The number of carbonyl (C=O) groups is 1. The van der Waals surface area contributed by atoms with Gasteiger partial charge in [-0.25, -0.2) is 0 Å². The topological polar surface area (TPSA) is 35.5 Å². The minimum Gasteiger partial charge on any atom is -0.496 e.